The van der Waals surface area contributed by atoms with Gasteiger partial charge in [0.15, 0.2) is 17.5 Å². The van der Waals surface area contributed by atoms with E-state index in [1.165, 1.54) is 0 Å². The molecule has 10 rings (SSSR count). The lowest BCUT2D eigenvalue weighted by Gasteiger charge is -2.16. The van der Waals surface area contributed by atoms with Gasteiger partial charge in [0.25, 0.3) is 0 Å². The summed E-state index contributed by atoms with van der Waals surface area (Å²) in [5.41, 5.74) is 10.4. The number of benzene rings is 7. The number of nitriles is 1. The Morgan fingerprint density at radius 1 is 0.375 bits per heavy atom. The Hall–Kier alpha value is -7.88. The highest BCUT2D eigenvalue weighted by Gasteiger charge is 2.18. The fourth-order valence-corrected chi connectivity index (χ4v) is 7.53. The number of rotatable bonds is 6. The zero-order valence-electron chi connectivity index (χ0n) is 30.0. The molecule has 0 aliphatic heterocycles. The molecule has 0 aliphatic carbocycles. The van der Waals surface area contributed by atoms with Crippen LogP contribution in [0.5, 0.6) is 0 Å². The van der Waals surface area contributed by atoms with Gasteiger partial charge in [-0.1, -0.05) is 121 Å². The highest BCUT2D eigenvalue weighted by Crippen LogP contribution is 2.42. The van der Waals surface area contributed by atoms with E-state index in [1.807, 2.05) is 110 Å². The van der Waals surface area contributed by atoms with E-state index in [2.05, 4.69) is 83.8 Å². The summed E-state index contributed by atoms with van der Waals surface area (Å²) in [4.78, 5) is 24.6. The van der Waals surface area contributed by atoms with Crippen LogP contribution in [0.1, 0.15) is 5.56 Å². The third kappa shape index (κ3) is 5.90. The summed E-state index contributed by atoms with van der Waals surface area (Å²) in [6.45, 7) is 0. The highest BCUT2D eigenvalue weighted by molar-refractivity contribution is 6.23. The first kappa shape index (κ1) is 32.7. The van der Waals surface area contributed by atoms with Crippen LogP contribution in [0, 0.1) is 11.3 Å². The number of aromatic nitrogens is 5. The molecular weight excluding hydrogens is 685 g/mol. The van der Waals surface area contributed by atoms with Crippen molar-refractivity contribution in [2.45, 2.75) is 0 Å². The summed E-state index contributed by atoms with van der Waals surface area (Å²) in [6, 6.07) is 57.8. The molecular formula is C50H30N6. The Bertz CT molecular complexity index is 3080. The molecule has 0 N–H and O–H groups in total. The first-order valence-electron chi connectivity index (χ1n) is 18.4. The maximum absolute atomic E-state index is 9.31. The van der Waals surface area contributed by atoms with E-state index in [0.717, 1.165) is 82.5 Å². The van der Waals surface area contributed by atoms with Crippen molar-refractivity contribution in [1.82, 2.24) is 24.9 Å². The normalized spacial score (nSPS) is 11.2. The third-order valence-corrected chi connectivity index (χ3v) is 10.3. The Labute approximate surface area is 323 Å². The number of fused-ring (bicyclic) bond motifs is 5. The summed E-state index contributed by atoms with van der Waals surface area (Å²) < 4.78 is 0. The minimum atomic E-state index is 0.601. The fourth-order valence-electron chi connectivity index (χ4n) is 7.53. The van der Waals surface area contributed by atoms with E-state index >= 15 is 0 Å². The Morgan fingerprint density at radius 3 is 1.64 bits per heavy atom. The molecule has 7 aromatic carbocycles. The second kappa shape index (κ2) is 13.8. The van der Waals surface area contributed by atoms with Crippen LogP contribution in [-0.2, 0) is 0 Å². The molecule has 0 atom stereocenters. The lowest BCUT2D eigenvalue weighted by molar-refractivity contribution is 1.07. The molecule has 6 nitrogen and oxygen atoms in total. The van der Waals surface area contributed by atoms with Gasteiger partial charge in [0, 0.05) is 57.4 Å². The van der Waals surface area contributed by atoms with Crippen LogP contribution >= 0.6 is 0 Å². The smallest absolute Gasteiger partial charge is 0.164 e. The van der Waals surface area contributed by atoms with Crippen LogP contribution in [0.25, 0.3) is 100.0 Å². The van der Waals surface area contributed by atoms with Gasteiger partial charge in [-0.15, -0.1) is 0 Å². The SMILES string of the molecule is N#Cc1ccc(-c2cncc(-c3cc4c5cccnc5c(-c5cccc(-c6nc(-c7ccccc7)nc(-c7ccccc7)n6)c5)cc4c4ccccc34)c2)cc1. The van der Waals surface area contributed by atoms with Crippen molar-refractivity contribution in [3.8, 4) is 73.6 Å². The molecule has 0 spiro atoms. The summed E-state index contributed by atoms with van der Waals surface area (Å²) in [5, 5.41) is 14.9. The molecule has 0 amide bonds. The second-order valence-electron chi connectivity index (χ2n) is 13.7. The minimum absolute atomic E-state index is 0.601. The fraction of sp³-hybridized carbons (Fsp3) is 0. The van der Waals surface area contributed by atoms with E-state index in [9.17, 15) is 5.26 Å². The summed E-state index contributed by atoms with van der Waals surface area (Å²) >= 11 is 0. The summed E-state index contributed by atoms with van der Waals surface area (Å²) in [6.07, 6.45) is 5.66. The number of hydrogen-bond donors (Lipinski definition) is 0. The van der Waals surface area contributed by atoms with Gasteiger partial charge in [-0.2, -0.15) is 5.26 Å². The third-order valence-electron chi connectivity index (χ3n) is 10.3. The minimum Gasteiger partial charge on any atom is -0.263 e. The van der Waals surface area contributed by atoms with Crippen LogP contribution in [0.2, 0.25) is 0 Å². The molecule has 0 aliphatic rings. The van der Waals surface area contributed by atoms with Crippen molar-refractivity contribution < 1.29 is 0 Å². The number of pyridine rings is 2. The van der Waals surface area contributed by atoms with Gasteiger partial charge >= 0.3 is 0 Å². The highest BCUT2D eigenvalue weighted by atomic mass is 15.0. The van der Waals surface area contributed by atoms with Crippen molar-refractivity contribution in [1.29, 1.82) is 5.26 Å². The maximum Gasteiger partial charge on any atom is 0.164 e. The second-order valence-corrected chi connectivity index (χ2v) is 13.7. The van der Waals surface area contributed by atoms with Crippen molar-refractivity contribution >= 4 is 32.4 Å². The van der Waals surface area contributed by atoms with Crippen molar-refractivity contribution in [3.63, 3.8) is 0 Å². The Kier molecular flexibility index (Phi) is 8.09. The summed E-state index contributed by atoms with van der Waals surface area (Å²) in [7, 11) is 0. The molecule has 0 unspecified atom stereocenters. The van der Waals surface area contributed by atoms with E-state index in [1.54, 1.807) is 0 Å². The predicted molar refractivity (Wildman–Crippen MR) is 225 cm³/mol. The summed E-state index contributed by atoms with van der Waals surface area (Å²) in [5.74, 6) is 1.85. The first-order valence-corrected chi connectivity index (χ1v) is 18.4. The molecule has 0 radical (unpaired) electrons. The average molecular weight is 715 g/mol. The molecule has 0 bridgehead atoms. The van der Waals surface area contributed by atoms with Crippen LogP contribution < -0.4 is 0 Å². The van der Waals surface area contributed by atoms with Crippen LogP contribution in [0.15, 0.2) is 182 Å². The van der Waals surface area contributed by atoms with Gasteiger partial charge in [-0.25, -0.2) is 15.0 Å². The molecule has 6 heteroatoms. The largest absolute Gasteiger partial charge is 0.263 e. The first-order chi connectivity index (χ1) is 27.7. The molecule has 0 saturated heterocycles. The van der Waals surface area contributed by atoms with E-state index < -0.39 is 0 Å². The molecule has 3 aromatic heterocycles. The Morgan fingerprint density at radius 2 is 0.929 bits per heavy atom. The lowest BCUT2D eigenvalue weighted by Crippen LogP contribution is -2.00. The predicted octanol–water partition coefficient (Wildman–Crippen LogP) is 12.0. The average Bonchev–Trinajstić information content (AvgIpc) is 3.29. The van der Waals surface area contributed by atoms with Crippen molar-refractivity contribution in [3.05, 3.63) is 188 Å². The van der Waals surface area contributed by atoms with Gasteiger partial charge < -0.3 is 0 Å². The van der Waals surface area contributed by atoms with Gasteiger partial charge in [0.2, 0.25) is 0 Å². The molecule has 0 saturated carbocycles. The molecule has 3 heterocycles. The van der Waals surface area contributed by atoms with E-state index in [-0.39, 0.29) is 0 Å². The van der Waals surface area contributed by atoms with Crippen LogP contribution in [-0.4, -0.2) is 24.9 Å². The standard InChI is InChI=1S/C50H30N6/c51-29-32-20-22-33(23-21-32)38-26-39(31-52-30-38)43-27-46-42-19-10-24-53-47(42)44(28-45(46)41-18-8-7-17-40(41)43)36-15-9-16-37(25-36)50-55-48(34-11-3-1-4-12-34)54-49(56-50)35-13-5-2-6-14-35/h1-28,30-31H. The lowest BCUT2D eigenvalue weighted by atomic mass is 9.89. The van der Waals surface area contributed by atoms with Gasteiger partial charge in [0.1, 0.15) is 0 Å². The van der Waals surface area contributed by atoms with E-state index in [0.29, 0.717) is 23.0 Å². The Balaban J connectivity index is 1.14. The topological polar surface area (TPSA) is 88.2 Å². The molecule has 10 aromatic rings. The van der Waals surface area contributed by atoms with Crippen LogP contribution in [0.3, 0.4) is 0 Å². The number of nitrogens with zero attached hydrogens (tertiary/aromatic N) is 6. The monoisotopic (exact) mass is 714 g/mol. The van der Waals surface area contributed by atoms with Gasteiger partial charge in [0.05, 0.1) is 17.1 Å². The van der Waals surface area contributed by atoms with Gasteiger partial charge in [-0.3, -0.25) is 9.97 Å². The molecule has 56 heavy (non-hydrogen) atoms. The molecule has 260 valence electrons. The zero-order valence-corrected chi connectivity index (χ0v) is 30.0. The zero-order chi connectivity index (χ0) is 37.4. The maximum atomic E-state index is 9.31. The number of hydrogen-bond acceptors (Lipinski definition) is 6. The van der Waals surface area contributed by atoms with Crippen molar-refractivity contribution in [2.24, 2.45) is 0 Å². The van der Waals surface area contributed by atoms with E-state index in [4.69, 9.17) is 19.9 Å². The quantitative estimate of drug-likeness (QED) is 0.159. The molecule has 0 fully saturated rings. The van der Waals surface area contributed by atoms with Gasteiger partial charge in [-0.05, 0) is 80.7 Å². The van der Waals surface area contributed by atoms with Crippen LogP contribution in [0.4, 0.5) is 0 Å². The van der Waals surface area contributed by atoms with Crippen molar-refractivity contribution in [2.75, 3.05) is 0 Å².